The highest BCUT2D eigenvalue weighted by atomic mass is 19.1. The summed E-state index contributed by atoms with van der Waals surface area (Å²) in [5.74, 6) is -4.77. The molecule has 0 aliphatic heterocycles. The third-order valence-corrected chi connectivity index (χ3v) is 10.4. The zero-order chi connectivity index (χ0) is 27.6. The Morgan fingerprint density at radius 1 is 1.22 bits per heavy atom. The first kappa shape index (κ1) is 27.7. The normalized spacial score (nSPS) is 42.8. The van der Waals surface area contributed by atoms with Gasteiger partial charge in [-0.15, -0.1) is 0 Å². The summed E-state index contributed by atoms with van der Waals surface area (Å²) in [6.45, 7) is 8.71. The molecule has 206 valence electrons. The largest absolute Gasteiger partial charge is 0.509 e. The van der Waals surface area contributed by atoms with E-state index in [1.165, 1.54) is 19.1 Å². The minimum absolute atomic E-state index is 0.0400. The molecule has 2 N–H and O–H groups in total. The number of allylic oxidation sites excluding steroid dienone is 4. The van der Waals surface area contributed by atoms with Gasteiger partial charge in [-0.2, -0.15) is 0 Å². The summed E-state index contributed by atoms with van der Waals surface area (Å²) in [5.41, 5.74) is -7.33. The maximum absolute atomic E-state index is 17.3. The highest BCUT2D eigenvalue weighted by Crippen LogP contribution is 2.71. The SMILES string of the molecule is CCC(CC)COC(=O)O[C@]1(C(=O)O)[C@H](C)C[C@H]2[C@@H]3CC(F)=C4CC(=O)C=C[C@]4(C)[C@@]3(F)[C@@H](O)C[C@@]21C. The van der Waals surface area contributed by atoms with E-state index in [0.29, 0.717) is 0 Å². The Labute approximate surface area is 216 Å². The molecular weight excluding hydrogens is 486 g/mol. The van der Waals surface area contributed by atoms with Gasteiger partial charge in [0.1, 0.15) is 5.83 Å². The minimum atomic E-state index is -2.33. The molecule has 2 fully saturated rings. The van der Waals surface area contributed by atoms with Crippen molar-refractivity contribution in [3.63, 3.8) is 0 Å². The highest BCUT2D eigenvalue weighted by Gasteiger charge is 2.78. The van der Waals surface area contributed by atoms with E-state index in [1.807, 2.05) is 13.8 Å². The topological polar surface area (TPSA) is 110 Å². The van der Waals surface area contributed by atoms with E-state index in [1.54, 1.807) is 13.8 Å². The number of carboxylic acids is 1. The van der Waals surface area contributed by atoms with Gasteiger partial charge in [0.2, 0.25) is 5.60 Å². The molecule has 0 aromatic heterocycles. The Balaban J connectivity index is 1.75. The predicted octanol–water partition coefficient (Wildman–Crippen LogP) is 5.31. The third kappa shape index (κ3) is 3.62. The Morgan fingerprint density at radius 3 is 2.46 bits per heavy atom. The molecular formula is C28H38F2O7. The quantitative estimate of drug-likeness (QED) is 0.453. The second-order valence-corrected chi connectivity index (χ2v) is 11.9. The number of halogens is 2. The molecule has 0 unspecified atom stereocenters. The summed E-state index contributed by atoms with van der Waals surface area (Å²) >= 11 is 0. The van der Waals surface area contributed by atoms with Gasteiger partial charge in [-0.3, -0.25) is 4.79 Å². The molecule has 0 heterocycles. The average molecular weight is 525 g/mol. The van der Waals surface area contributed by atoms with Crippen molar-refractivity contribution in [3.8, 4) is 0 Å². The number of alkyl halides is 1. The van der Waals surface area contributed by atoms with Crippen molar-refractivity contribution in [2.24, 2.45) is 34.5 Å². The summed E-state index contributed by atoms with van der Waals surface area (Å²) in [5, 5.41) is 21.9. The number of carboxylic acid groups (broad SMARTS) is 1. The van der Waals surface area contributed by atoms with Crippen LogP contribution in [-0.2, 0) is 19.1 Å². The third-order valence-electron chi connectivity index (χ3n) is 10.4. The van der Waals surface area contributed by atoms with Gasteiger partial charge >= 0.3 is 12.1 Å². The fraction of sp³-hybridized carbons (Fsp3) is 0.750. The molecule has 4 aliphatic carbocycles. The second-order valence-electron chi connectivity index (χ2n) is 11.9. The lowest BCUT2D eigenvalue weighted by Crippen LogP contribution is -2.69. The van der Waals surface area contributed by atoms with Crippen molar-refractivity contribution in [1.82, 2.24) is 0 Å². The van der Waals surface area contributed by atoms with E-state index in [0.717, 1.165) is 12.8 Å². The summed E-state index contributed by atoms with van der Waals surface area (Å²) in [6.07, 6.45) is 0.561. The second kappa shape index (κ2) is 9.17. The van der Waals surface area contributed by atoms with Crippen molar-refractivity contribution >= 4 is 17.9 Å². The van der Waals surface area contributed by atoms with Crippen LogP contribution in [0.2, 0.25) is 0 Å². The number of ether oxygens (including phenoxy) is 2. The van der Waals surface area contributed by atoms with Gasteiger partial charge in [-0.25, -0.2) is 18.4 Å². The Hall–Kier alpha value is -2.29. The number of aliphatic carboxylic acids is 1. The van der Waals surface area contributed by atoms with Crippen LogP contribution in [0.1, 0.15) is 73.1 Å². The summed E-state index contributed by atoms with van der Waals surface area (Å²) in [6, 6.07) is 0. The summed E-state index contributed by atoms with van der Waals surface area (Å²) < 4.78 is 43.7. The van der Waals surface area contributed by atoms with E-state index in [2.05, 4.69) is 0 Å². The van der Waals surface area contributed by atoms with Crippen LogP contribution in [0.5, 0.6) is 0 Å². The molecule has 9 heteroatoms. The fourth-order valence-electron chi connectivity index (χ4n) is 8.09. The van der Waals surface area contributed by atoms with E-state index in [-0.39, 0.29) is 49.6 Å². The van der Waals surface area contributed by atoms with Crippen molar-refractivity contribution in [2.75, 3.05) is 6.61 Å². The predicted molar refractivity (Wildman–Crippen MR) is 130 cm³/mol. The molecule has 0 aromatic rings. The summed E-state index contributed by atoms with van der Waals surface area (Å²) in [7, 11) is 0. The Bertz CT molecular complexity index is 1050. The molecule has 2 saturated carbocycles. The minimum Gasteiger partial charge on any atom is -0.478 e. The first-order valence-corrected chi connectivity index (χ1v) is 13.3. The van der Waals surface area contributed by atoms with Crippen LogP contribution in [0, 0.1) is 34.5 Å². The van der Waals surface area contributed by atoms with Crippen molar-refractivity contribution in [2.45, 2.75) is 90.5 Å². The van der Waals surface area contributed by atoms with Crippen LogP contribution in [-0.4, -0.2) is 52.1 Å². The maximum atomic E-state index is 17.3. The Kier molecular flexibility index (Phi) is 6.88. The molecule has 0 bridgehead atoms. The monoisotopic (exact) mass is 524 g/mol. The van der Waals surface area contributed by atoms with Crippen LogP contribution in [0.4, 0.5) is 13.6 Å². The number of aliphatic hydroxyl groups is 1. The van der Waals surface area contributed by atoms with E-state index < -0.39 is 63.9 Å². The van der Waals surface area contributed by atoms with Crippen LogP contribution < -0.4 is 0 Å². The zero-order valence-electron chi connectivity index (χ0n) is 22.2. The highest BCUT2D eigenvalue weighted by molar-refractivity contribution is 5.93. The molecule has 0 amide bonds. The molecule has 37 heavy (non-hydrogen) atoms. The van der Waals surface area contributed by atoms with Gasteiger partial charge < -0.3 is 19.7 Å². The van der Waals surface area contributed by atoms with Gasteiger partial charge in [0, 0.05) is 35.5 Å². The number of ketones is 1. The molecule has 0 saturated heterocycles. The zero-order valence-corrected chi connectivity index (χ0v) is 22.2. The van der Waals surface area contributed by atoms with Gasteiger partial charge in [-0.1, -0.05) is 46.6 Å². The lowest BCUT2D eigenvalue weighted by atomic mass is 9.45. The molecule has 4 rings (SSSR count). The Morgan fingerprint density at radius 2 is 1.86 bits per heavy atom. The van der Waals surface area contributed by atoms with Crippen LogP contribution in [0.15, 0.2) is 23.6 Å². The van der Waals surface area contributed by atoms with E-state index >= 15 is 8.78 Å². The van der Waals surface area contributed by atoms with E-state index in [4.69, 9.17) is 9.47 Å². The summed E-state index contributed by atoms with van der Waals surface area (Å²) in [4.78, 5) is 37.7. The van der Waals surface area contributed by atoms with Crippen LogP contribution in [0.25, 0.3) is 0 Å². The van der Waals surface area contributed by atoms with Crippen molar-refractivity contribution < 1.29 is 42.9 Å². The van der Waals surface area contributed by atoms with Crippen molar-refractivity contribution in [3.05, 3.63) is 23.6 Å². The first-order valence-electron chi connectivity index (χ1n) is 13.3. The molecule has 7 nitrogen and oxygen atoms in total. The average Bonchev–Trinajstić information content (AvgIpc) is 3.05. The standard InChI is InChI=1S/C28H38F2O7/c1-6-16(7-2)14-36-24(35)37-28(23(33)34)15(3)10-18-19-12-21(29)20-11-17(31)8-9-25(20,4)27(19,30)22(32)13-26(18,28)5/h8-9,15-16,18-19,22,32H,6-7,10-14H2,1-5H3,(H,33,34)/t15-,18+,19+,22+,25+,26+,27+,28+/m1/s1. The number of fused-ring (bicyclic) bond motifs is 5. The smallest absolute Gasteiger partial charge is 0.478 e. The maximum Gasteiger partial charge on any atom is 0.509 e. The number of aliphatic hydroxyl groups excluding tert-OH is 1. The van der Waals surface area contributed by atoms with Gasteiger partial charge in [0.25, 0.3) is 0 Å². The van der Waals surface area contributed by atoms with E-state index in [9.17, 15) is 24.6 Å². The molecule has 4 aliphatic rings. The molecule has 0 spiro atoms. The first-order chi connectivity index (χ1) is 17.2. The molecule has 0 radical (unpaired) electrons. The number of hydrogen-bond acceptors (Lipinski definition) is 6. The number of rotatable bonds is 6. The molecule has 0 aromatic carbocycles. The molecule has 8 atom stereocenters. The van der Waals surface area contributed by atoms with Crippen LogP contribution >= 0.6 is 0 Å². The fourth-order valence-corrected chi connectivity index (χ4v) is 8.09. The van der Waals surface area contributed by atoms with Gasteiger partial charge in [0.15, 0.2) is 11.5 Å². The lowest BCUT2D eigenvalue weighted by molar-refractivity contribution is -0.226. The van der Waals surface area contributed by atoms with Crippen molar-refractivity contribution in [1.29, 1.82) is 0 Å². The van der Waals surface area contributed by atoms with Gasteiger partial charge in [0.05, 0.1) is 12.7 Å². The number of carbonyl (C=O) groups excluding carboxylic acids is 2. The lowest BCUT2D eigenvalue weighted by Gasteiger charge is -2.61. The number of hydrogen-bond donors (Lipinski definition) is 2. The van der Waals surface area contributed by atoms with Gasteiger partial charge in [-0.05, 0) is 43.3 Å². The number of carbonyl (C=O) groups is 3. The van der Waals surface area contributed by atoms with Crippen LogP contribution in [0.3, 0.4) is 0 Å².